The van der Waals surface area contributed by atoms with Gasteiger partial charge in [-0.2, -0.15) is 0 Å². The van der Waals surface area contributed by atoms with Gasteiger partial charge in [0, 0.05) is 6.42 Å². The van der Waals surface area contributed by atoms with E-state index in [1.54, 1.807) is 6.08 Å². The zero-order valence-electron chi connectivity index (χ0n) is 48.8. The number of aliphatic hydroxyl groups excluding tert-OH is 1. The van der Waals surface area contributed by atoms with Gasteiger partial charge < -0.3 is 19.8 Å². The number of hydrogen-bond acceptors (Lipinski definition) is 5. The van der Waals surface area contributed by atoms with E-state index in [0.29, 0.717) is 17.4 Å². The van der Waals surface area contributed by atoms with Crippen LogP contribution in [-0.2, 0) is 18.4 Å². The molecule has 0 bridgehead atoms. The van der Waals surface area contributed by atoms with Crippen molar-refractivity contribution < 1.29 is 32.9 Å². The van der Waals surface area contributed by atoms with Crippen molar-refractivity contribution in [3.05, 3.63) is 97.2 Å². The van der Waals surface area contributed by atoms with E-state index in [2.05, 4.69) is 104 Å². The molecule has 3 atom stereocenters. The lowest BCUT2D eigenvalue weighted by Crippen LogP contribution is -2.45. The van der Waals surface area contributed by atoms with Crippen molar-refractivity contribution in [3.8, 4) is 0 Å². The summed E-state index contributed by atoms with van der Waals surface area (Å²) in [6.07, 6.45) is 79.8. The standard InChI is InChI=1S/C65H117N2O6P/c1-6-8-10-12-14-16-18-19-20-21-22-23-24-25-26-27-28-29-30-31-32-33-34-35-36-37-38-39-40-41-42-43-44-45-46-47-49-51-53-55-57-59-65(69)66-63(62-73-74(70,71)72-61-60-67(3,4)5)64(68)58-56-54-52-50-48-17-15-13-11-9-7-2/h8,10,14,16,19-20,22-23,25-26,28-29,48,50,56,58,63-64,68H,6-7,9,11-13,15,17-18,21,24,27,30-47,49,51-55,57,59-62H2,1-5H3,(H-,66,69,70,71)/p+1/b10-8-,16-14-,20-19-,23-22-,26-25-,29-28-,50-48+,58-56+. The number of rotatable bonds is 55. The number of hydrogen-bond donors (Lipinski definition) is 3. The molecule has 3 N–H and O–H groups in total. The Morgan fingerprint density at radius 2 is 0.824 bits per heavy atom. The Hall–Kier alpha value is -2.58. The molecule has 0 aromatic heterocycles. The largest absolute Gasteiger partial charge is 0.472 e. The molecule has 0 rings (SSSR count). The minimum absolute atomic E-state index is 0.0546. The van der Waals surface area contributed by atoms with Crippen molar-refractivity contribution in [3.63, 3.8) is 0 Å². The lowest BCUT2D eigenvalue weighted by Gasteiger charge is -2.25. The molecule has 3 unspecified atom stereocenters. The smallest absolute Gasteiger partial charge is 0.387 e. The maximum Gasteiger partial charge on any atom is 0.472 e. The van der Waals surface area contributed by atoms with E-state index in [9.17, 15) is 19.4 Å². The van der Waals surface area contributed by atoms with Crippen LogP contribution in [0.25, 0.3) is 0 Å². The third kappa shape index (κ3) is 57.1. The van der Waals surface area contributed by atoms with E-state index in [4.69, 9.17) is 9.05 Å². The van der Waals surface area contributed by atoms with Crippen molar-refractivity contribution in [2.24, 2.45) is 0 Å². The van der Waals surface area contributed by atoms with Gasteiger partial charge in [-0.3, -0.25) is 13.8 Å². The van der Waals surface area contributed by atoms with Crippen LogP contribution in [0.3, 0.4) is 0 Å². The molecule has 0 aliphatic rings. The van der Waals surface area contributed by atoms with Crippen molar-refractivity contribution in [1.82, 2.24) is 5.32 Å². The number of carbonyl (C=O) groups is 1. The van der Waals surface area contributed by atoms with E-state index >= 15 is 0 Å². The molecule has 0 aromatic rings. The molecule has 0 aliphatic carbocycles. The van der Waals surface area contributed by atoms with E-state index in [1.807, 2.05) is 27.2 Å². The topological polar surface area (TPSA) is 105 Å². The Bertz CT molecular complexity index is 1520. The van der Waals surface area contributed by atoms with Gasteiger partial charge in [0.1, 0.15) is 13.2 Å². The number of phosphoric acid groups is 1. The first kappa shape index (κ1) is 71.4. The van der Waals surface area contributed by atoms with Crippen LogP contribution in [0.5, 0.6) is 0 Å². The number of likely N-dealkylation sites (N-methyl/N-ethyl adjacent to an activating group) is 1. The summed E-state index contributed by atoms with van der Waals surface area (Å²) < 4.78 is 23.6. The monoisotopic (exact) mass is 1050 g/mol. The van der Waals surface area contributed by atoms with Gasteiger partial charge in [-0.25, -0.2) is 4.57 Å². The number of amides is 1. The lowest BCUT2D eigenvalue weighted by atomic mass is 10.0. The molecule has 0 fully saturated rings. The second-order valence-electron chi connectivity index (χ2n) is 21.7. The predicted molar refractivity (Wildman–Crippen MR) is 322 cm³/mol. The van der Waals surface area contributed by atoms with Gasteiger partial charge in [0.25, 0.3) is 0 Å². The van der Waals surface area contributed by atoms with E-state index in [1.165, 1.54) is 161 Å². The Labute approximate surface area is 458 Å². The van der Waals surface area contributed by atoms with E-state index < -0.39 is 20.0 Å². The minimum Gasteiger partial charge on any atom is -0.387 e. The quantitative estimate of drug-likeness (QED) is 0.0243. The normalized spacial score (nSPS) is 14.5. The van der Waals surface area contributed by atoms with E-state index in [-0.39, 0.29) is 19.1 Å². The first-order valence-corrected chi connectivity index (χ1v) is 32.1. The Kier molecular flexibility index (Phi) is 53.3. The molecule has 0 saturated heterocycles. The zero-order valence-corrected chi connectivity index (χ0v) is 49.7. The molecule has 8 nitrogen and oxygen atoms in total. The van der Waals surface area contributed by atoms with Gasteiger partial charge >= 0.3 is 7.82 Å². The van der Waals surface area contributed by atoms with Crippen LogP contribution in [0.4, 0.5) is 0 Å². The van der Waals surface area contributed by atoms with Crippen LogP contribution in [0.15, 0.2) is 97.2 Å². The Balaban J connectivity index is 3.88. The summed E-state index contributed by atoms with van der Waals surface area (Å²) in [4.78, 5) is 23.2. The summed E-state index contributed by atoms with van der Waals surface area (Å²) in [5.74, 6) is -0.188. The van der Waals surface area contributed by atoms with Gasteiger partial charge in [0.05, 0.1) is 39.9 Å². The van der Waals surface area contributed by atoms with Gasteiger partial charge in [0.15, 0.2) is 0 Å². The van der Waals surface area contributed by atoms with E-state index in [0.717, 1.165) is 77.0 Å². The number of carbonyl (C=O) groups excluding carboxylic acids is 1. The molecule has 0 aliphatic heterocycles. The van der Waals surface area contributed by atoms with Crippen molar-refractivity contribution in [2.75, 3.05) is 40.9 Å². The number of allylic oxidation sites excluding steroid dienone is 15. The van der Waals surface area contributed by atoms with Crippen molar-refractivity contribution in [2.45, 2.75) is 270 Å². The SMILES string of the molecule is CC/C=C\C/C=C\C/C=C\C/C=C\C/C=C\C/C=C\CCCCCCCCCCCCCCCCCCCCCCCCC(=O)NC(COP(=O)(O)OCC[N+](C)(C)C)C(O)/C=C/CC/C=C/CCCCCCC. The highest BCUT2D eigenvalue weighted by molar-refractivity contribution is 7.47. The van der Waals surface area contributed by atoms with Crippen molar-refractivity contribution in [1.29, 1.82) is 0 Å². The van der Waals surface area contributed by atoms with Crippen molar-refractivity contribution >= 4 is 13.7 Å². The summed E-state index contributed by atoms with van der Waals surface area (Å²) in [7, 11) is 1.55. The summed E-state index contributed by atoms with van der Waals surface area (Å²) in [5, 5.41) is 13.8. The summed E-state index contributed by atoms with van der Waals surface area (Å²) in [6.45, 7) is 4.65. The summed E-state index contributed by atoms with van der Waals surface area (Å²) in [5.41, 5.74) is 0. The molecule has 0 saturated carbocycles. The minimum atomic E-state index is -4.35. The zero-order chi connectivity index (χ0) is 54.2. The first-order valence-electron chi connectivity index (χ1n) is 30.6. The number of aliphatic hydroxyl groups is 1. The third-order valence-corrected chi connectivity index (χ3v) is 14.3. The molecule has 428 valence electrons. The molecule has 0 spiro atoms. The van der Waals surface area contributed by atoms with Gasteiger partial charge in [-0.05, 0) is 83.5 Å². The highest BCUT2D eigenvalue weighted by atomic mass is 31.2. The lowest BCUT2D eigenvalue weighted by molar-refractivity contribution is -0.870. The second kappa shape index (κ2) is 55.2. The number of nitrogens with one attached hydrogen (secondary N) is 1. The maximum absolute atomic E-state index is 12.9. The molecular weight excluding hydrogens is 936 g/mol. The molecule has 0 aromatic carbocycles. The number of unbranched alkanes of at least 4 members (excludes halogenated alkanes) is 28. The molecular formula is C65H118N2O6P+. The third-order valence-electron chi connectivity index (χ3n) is 13.3. The number of phosphoric ester groups is 1. The number of nitrogens with zero attached hydrogens (tertiary/aromatic N) is 1. The van der Waals surface area contributed by atoms with Crippen LogP contribution >= 0.6 is 7.82 Å². The Morgan fingerprint density at radius 1 is 0.473 bits per heavy atom. The van der Waals surface area contributed by atoms with Crippen LogP contribution in [-0.4, -0.2) is 73.4 Å². The molecule has 0 radical (unpaired) electrons. The molecule has 1 amide bonds. The fraction of sp³-hybridized carbons (Fsp3) is 0.738. The predicted octanol–water partition coefficient (Wildman–Crippen LogP) is 19.0. The van der Waals surface area contributed by atoms with Gasteiger partial charge in [-0.15, -0.1) is 0 Å². The van der Waals surface area contributed by atoms with Crippen LogP contribution in [0.2, 0.25) is 0 Å². The summed E-state index contributed by atoms with van der Waals surface area (Å²) in [6, 6.07) is -0.864. The fourth-order valence-corrected chi connectivity index (χ4v) is 9.27. The van der Waals surface area contributed by atoms with Gasteiger partial charge in [-0.1, -0.05) is 265 Å². The average molecular weight is 1050 g/mol. The van der Waals surface area contributed by atoms with Crippen LogP contribution in [0.1, 0.15) is 258 Å². The molecule has 0 heterocycles. The van der Waals surface area contributed by atoms with Crippen LogP contribution < -0.4 is 5.32 Å². The average Bonchev–Trinajstić information content (AvgIpc) is 3.36. The van der Waals surface area contributed by atoms with Crippen LogP contribution in [0, 0.1) is 0 Å². The second-order valence-corrected chi connectivity index (χ2v) is 23.1. The summed E-state index contributed by atoms with van der Waals surface area (Å²) >= 11 is 0. The van der Waals surface area contributed by atoms with Gasteiger partial charge in [0.2, 0.25) is 5.91 Å². The number of quaternary nitrogens is 1. The Morgan fingerprint density at radius 3 is 1.24 bits per heavy atom. The first-order chi connectivity index (χ1) is 36.0. The fourth-order valence-electron chi connectivity index (χ4n) is 8.53. The highest BCUT2D eigenvalue weighted by Crippen LogP contribution is 2.43. The maximum atomic E-state index is 12.9. The molecule has 74 heavy (non-hydrogen) atoms. The highest BCUT2D eigenvalue weighted by Gasteiger charge is 2.27. The molecule has 9 heteroatoms.